The Bertz CT molecular complexity index is 420. The van der Waals surface area contributed by atoms with Gasteiger partial charge in [0.25, 0.3) is 5.91 Å². The molecule has 0 aromatic carbocycles. The van der Waals surface area contributed by atoms with Crippen LogP contribution in [0.5, 0.6) is 0 Å². The van der Waals surface area contributed by atoms with Gasteiger partial charge in [-0.3, -0.25) is 14.4 Å². The Hall–Kier alpha value is -1.78. The lowest BCUT2D eigenvalue weighted by atomic mass is 9.86. The molecule has 0 saturated heterocycles. The minimum atomic E-state index is -1.06. The molecule has 5 heteroatoms. The van der Waals surface area contributed by atoms with E-state index >= 15 is 0 Å². The summed E-state index contributed by atoms with van der Waals surface area (Å²) >= 11 is 0. The molecular weight excluding hydrogens is 196 g/mol. The van der Waals surface area contributed by atoms with Crippen molar-refractivity contribution in [3.05, 3.63) is 11.6 Å². The number of rotatable bonds is 1. The van der Waals surface area contributed by atoms with Crippen LogP contribution in [0.15, 0.2) is 16.6 Å². The van der Waals surface area contributed by atoms with Crippen molar-refractivity contribution in [3.8, 4) is 0 Å². The fourth-order valence-corrected chi connectivity index (χ4v) is 1.80. The van der Waals surface area contributed by atoms with Crippen LogP contribution in [0.2, 0.25) is 0 Å². The van der Waals surface area contributed by atoms with Crippen LogP contribution < -0.4 is 5.73 Å². The molecule has 2 amide bonds. The van der Waals surface area contributed by atoms with Crippen molar-refractivity contribution in [1.29, 1.82) is 0 Å². The van der Waals surface area contributed by atoms with Crippen LogP contribution in [0.1, 0.15) is 19.3 Å². The van der Waals surface area contributed by atoms with Gasteiger partial charge >= 0.3 is 0 Å². The minimum Gasteiger partial charge on any atom is -0.369 e. The van der Waals surface area contributed by atoms with Crippen molar-refractivity contribution in [1.82, 2.24) is 0 Å². The van der Waals surface area contributed by atoms with Gasteiger partial charge in [-0.15, -0.1) is 0 Å². The Kier molecular flexibility index (Phi) is 2.22. The summed E-state index contributed by atoms with van der Waals surface area (Å²) in [6.45, 7) is 0. The summed E-state index contributed by atoms with van der Waals surface area (Å²) in [5.74, 6) is -2.44. The van der Waals surface area contributed by atoms with Gasteiger partial charge in [-0.1, -0.05) is 6.08 Å². The van der Waals surface area contributed by atoms with E-state index in [1.165, 1.54) is 6.08 Å². The number of hydrogen-bond acceptors (Lipinski definition) is 3. The lowest BCUT2D eigenvalue weighted by Crippen LogP contribution is -2.34. The first-order chi connectivity index (χ1) is 7.09. The molecule has 0 radical (unpaired) electrons. The Morgan fingerprint density at radius 1 is 1.40 bits per heavy atom. The molecule has 0 spiro atoms. The fraction of sp³-hybridized carbons (Fsp3) is 0.400. The van der Waals surface area contributed by atoms with Crippen LogP contribution in [-0.4, -0.2) is 23.3 Å². The highest BCUT2D eigenvalue weighted by molar-refractivity contribution is 6.28. The molecule has 1 atom stereocenters. The van der Waals surface area contributed by atoms with E-state index in [1.807, 2.05) is 0 Å². The van der Waals surface area contributed by atoms with Crippen LogP contribution in [0, 0.1) is 5.92 Å². The molecule has 1 aliphatic heterocycles. The average molecular weight is 206 g/mol. The fourth-order valence-electron chi connectivity index (χ4n) is 1.80. The average Bonchev–Trinajstić information content (AvgIpc) is 2.16. The third-order valence-electron chi connectivity index (χ3n) is 2.58. The quantitative estimate of drug-likeness (QED) is 0.600. The van der Waals surface area contributed by atoms with Gasteiger partial charge in [0.05, 0.1) is 5.71 Å². The van der Waals surface area contributed by atoms with Crippen LogP contribution in [0.4, 0.5) is 0 Å². The smallest absolute Gasteiger partial charge is 0.262 e. The Labute approximate surface area is 86.0 Å². The number of allylic oxidation sites excluding steroid dienone is 1. The first-order valence-corrected chi connectivity index (χ1v) is 4.75. The largest absolute Gasteiger partial charge is 0.369 e. The number of fused-ring (bicyclic) bond motifs is 1. The van der Waals surface area contributed by atoms with Gasteiger partial charge in [-0.05, 0) is 12.8 Å². The first kappa shape index (κ1) is 9.76. The SMILES string of the molecule is NC(=O)C1C=C2C(=O)CCCC2=NC1=O. The number of carbonyl (C=O) groups is 3. The highest BCUT2D eigenvalue weighted by Gasteiger charge is 2.32. The van der Waals surface area contributed by atoms with Gasteiger partial charge < -0.3 is 5.73 Å². The molecule has 1 unspecified atom stereocenters. The van der Waals surface area contributed by atoms with Gasteiger partial charge in [0, 0.05) is 12.0 Å². The molecule has 0 bridgehead atoms. The number of nitrogens with two attached hydrogens (primary N) is 1. The summed E-state index contributed by atoms with van der Waals surface area (Å²) in [5.41, 5.74) is 5.96. The molecule has 5 nitrogen and oxygen atoms in total. The molecule has 1 aliphatic carbocycles. The number of dihydropyridines is 1. The van der Waals surface area contributed by atoms with Crippen molar-refractivity contribution >= 4 is 23.3 Å². The van der Waals surface area contributed by atoms with Gasteiger partial charge in [-0.2, -0.15) is 0 Å². The van der Waals surface area contributed by atoms with Crippen molar-refractivity contribution in [2.24, 2.45) is 16.6 Å². The van der Waals surface area contributed by atoms with Crippen LogP contribution in [0.3, 0.4) is 0 Å². The summed E-state index contributed by atoms with van der Waals surface area (Å²) in [6.07, 6.45) is 3.14. The second-order valence-corrected chi connectivity index (χ2v) is 3.63. The summed E-state index contributed by atoms with van der Waals surface area (Å²) in [6, 6.07) is 0. The van der Waals surface area contributed by atoms with E-state index in [0.29, 0.717) is 30.5 Å². The Balaban J connectivity index is 2.40. The molecule has 78 valence electrons. The topological polar surface area (TPSA) is 89.6 Å². The van der Waals surface area contributed by atoms with E-state index < -0.39 is 17.7 Å². The zero-order valence-electron chi connectivity index (χ0n) is 8.03. The predicted molar refractivity (Wildman–Crippen MR) is 52.1 cm³/mol. The summed E-state index contributed by atoms with van der Waals surface area (Å²) in [5, 5.41) is 0. The van der Waals surface area contributed by atoms with Crippen LogP contribution >= 0.6 is 0 Å². The third kappa shape index (κ3) is 1.60. The Morgan fingerprint density at radius 3 is 2.80 bits per heavy atom. The lowest BCUT2D eigenvalue weighted by molar-refractivity contribution is -0.129. The van der Waals surface area contributed by atoms with E-state index in [9.17, 15) is 14.4 Å². The highest BCUT2D eigenvalue weighted by Crippen LogP contribution is 2.24. The molecule has 2 aliphatic rings. The Morgan fingerprint density at radius 2 is 2.13 bits per heavy atom. The molecule has 1 heterocycles. The predicted octanol–water partition coefficient (Wildman–Crippen LogP) is -0.252. The second kappa shape index (κ2) is 3.42. The maximum absolute atomic E-state index is 11.5. The second-order valence-electron chi connectivity index (χ2n) is 3.63. The number of amides is 2. The standard InChI is InChI=1S/C10H10N2O3/c11-9(14)6-4-5-7(12-10(6)15)2-1-3-8(5)13/h4,6H,1-3H2,(H2,11,14). The van der Waals surface area contributed by atoms with Gasteiger partial charge in [0.1, 0.15) is 5.92 Å². The third-order valence-corrected chi connectivity index (χ3v) is 2.58. The number of ketones is 1. The van der Waals surface area contributed by atoms with Crippen molar-refractivity contribution in [2.45, 2.75) is 19.3 Å². The highest BCUT2D eigenvalue weighted by atomic mass is 16.2. The lowest BCUT2D eigenvalue weighted by Gasteiger charge is -2.20. The number of hydrogen-bond donors (Lipinski definition) is 1. The number of Topliss-reactive ketones (excluding diaryl/α,β-unsaturated/α-hetero) is 1. The number of primary amides is 1. The summed E-state index contributed by atoms with van der Waals surface area (Å²) in [4.78, 5) is 37.5. The van der Waals surface area contributed by atoms with Crippen LogP contribution in [0.25, 0.3) is 0 Å². The maximum Gasteiger partial charge on any atom is 0.262 e. The molecule has 1 fully saturated rings. The van der Waals surface area contributed by atoms with Gasteiger partial charge in [0.15, 0.2) is 5.78 Å². The van der Waals surface area contributed by atoms with E-state index in [1.54, 1.807) is 0 Å². The van der Waals surface area contributed by atoms with E-state index in [4.69, 9.17) is 5.73 Å². The van der Waals surface area contributed by atoms with Crippen LogP contribution in [-0.2, 0) is 14.4 Å². The number of nitrogens with zero attached hydrogens (tertiary/aromatic N) is 1. The zero-order chi connectivity index (χ0) is 11.0. The van der Waals surface area contributed by atoms with Gasteiger partial charge in [0.2, 0.25) is 5.91 Å². The number of aliphatic imine (C=N–C) groups is 1. The molecule has 0 aromatic rings. The monoisotopic (exact) mass is 206 g/mol. The summed E-state index contributed by atoms with van der Waals surface area (Å²) in [7, 11) is 0. The van der Waals surface area contributed by atoms with Gasteiger partial charge in [-0.25, -0.2) is 4.99 Å². The molecule has 15 heavy (non-hydrogen) atoms. The molecule has 1 saturated carbocycles. The maximum atomic E-state index is 11.5. The summed E-state index contributed by atoms with van der Waals surface area (Å²) < 4.78 is 0. The molecule has 2 rings (SSSR count). The van der Waals surface area contributed by atoms with E-state index in [0.717, 1.165) is 0 Å². The van der Waals surface area contributed by atoms with E-state index in [-0.39, 0.29) is 5.78 Å². The van der Waals surface area contributed by atoms with Crippen molar-refractivity contribution < 1.29 is 14.4 Å². The first-order valence-electron chi connectivity index (χ1n) is 4.75. The van der Waals surface area contributed by atoms with Crippen molar-refractivity contribution in [2.75, 3.05) is 0 Å². The molecular formula is C10H10N2O3. The van der Waals surface area contributed by atoms with Crippen molar-refractivity contribution in [3.63, 3.8) is 0 Å². The normalized spacial score (nSPS) is 25.5. The molecule has 0 aromatic heterocycles. The zero-order valence-corrected chi connectivity index (χ0v) is 8.03. The minimum absolute atomic E-state index is 0.0567. The number of carbonyl (C=O) groups excluding carboxylic acids is 3. The molecule has 2 N–H and O–H groups in total. The van der Waals surface area contributed by atoms with E-state index in [2.05, 4.69) is 4.99 Å².